The highest BCUT2D eigenvalue weighted by molar-refractivity contribution is 5.95. The molecule has 0 aliphatic carbocycles. The topological polar surface area (TPSA) is 73.4 Å². The Kier molecular flexibility index (Phi) is 2.76. The first-order valence-electron chi connectivity index (χ1n) is 5.13. The average Bonchev–Trinajstić information content (AvgIpc) is 2.62. The van der Waals surface area contributed by atoms with Crippen LogP contribution in [0, 0.1) is 5.41 Å². The molecule has 16 heavy (non-hydrogen) atoms. The van der Waals surface area contributed by atoms with E-state index < -0.39 is 6.03 Å². The summed E-state index contributed by atoms with van der Waals surface area (Å²) in [6, 6.07) is 9.32. The van der Waals surface area contributed by atoms with Gasteiger partial charge in [0.15, 0.2) is 0 Å². The number of amides is 2. The van der Waals surface area contributed by atoms with Crippen molar-refractivity contribution < 1.29 is 4.79 Å². The SMILES string of the molecule is N=C1N(Cc2ccccc2)CCN1C(N)=O. The van der Waals surface area contributed by atoms with E-state index in [2.05, 4.69) is 0 Å². The predicted octanol–water partition coefficient (Wildman–Crippen LogP) is 0.818. The molecule has 1 fully saturated rings. The molecule has 1 aliphatic rings. The molecule has 1 aliphatic heterocycles. The lowest BCUT2D eigenvalue weighted by Gasteiger charge is -2.19. The van der Waals surface area contributed by atoms with Crippen LogP contribution in [0.1, 0.15) is 5.56 Å². The third-order valence-electron chi connectivity index (χ3n) is 2.63. The smallest absolute Gasteiger partial charge is 0.321 e. The molecule has 2 rings (SSSR count). The van der Waals surface area contributed by atoms with Gasteiger partial charge in [-0.1, -0.05) is 30.3 Å². The summed E-state index contributed by atoms with van der Waals surface area (Å²) < 4.78 is 0. The molecular weight excluding hydrogens is 204 g/mol. The molecule has 0 bridgehead atoms. The lowest BCUT2D eigenvalue weighted by Crippen LogP contribution is -2.39. The predicted molar refractivity (Wildman–Crippen MR) is 60.9 cm³/mol. The molecule has 84 valence electrons. The van der Waals surface area contributed by atoms with Crippen LogP contribution in [0.15, 0.2) is 30.3 Å². The van der Waals surface area contributed by atoms with Crippen LogP contribution < -0.4 is 5.73 Å². The third-order valence-corrected chi connectivity index (χ3v) is 2.63. The van der Waals surface area contributed by atoms with E-state index in [4.69, 9.17) is 11.1 Å². The summed E-state index contributed by atoms with van der Waals surface area (Å²) in [5, 5.41) is 7.79. The number of carbonyl (C=O) groups is 1. The van der Waals surface area contributed by atoms with Gasteiger partial charge in [0.1, 0.15) is 0 Å². The van der Waals surface area contributed by atoms with Crippen molar-refractivity contribution in [1.82, 2.24) is 9.80 Å². The maximum atomic E-state index is 11.0. The number of nitrogens with zero attached hydrogens (tertiary/aromatic N) is 2. The van der Waals surface area contributed by atoms with Crippen molar-refractivity contribution in [1.29, 1.82) is 5.41 Å². The molecule has 1 aromatic rings. The lowest BCUT2D eigenvalue weighted by atomic mass is 10.2. The Balaban J connectivity index is 2.03. The van der Waals surface area contributed by atoms with E-state index in [-0.39, 0.29) is 5.96 Å². The van der Waals surface area contributed by atoms with Crippen molar-refractivity contribution in [2.24, 2.45) is 5.73 Å². The standard InChI is InChI=1S/C11H14N4O/c12-10-14(6-7-15(10)11(13)16)8-9-4-2-1-3-5-9/h1-5,12H,6-8H2,(H2,13,16). The normalized spacial score (nSPS) is 15.6. The molecular formula is C11H14N4O. The minimum absolute atomic E-state index is 0.191. The van der Waals surface area contributed by atoms with E-state index in [0.717, 1.165) is 5.56 Å². The van der Waals surface area contributed by atoms with E-state index >= 15 is 0 Å². The first-order valence-corrected chi connectivity index (χ1v) is 5.13. The zero-order valence-corrected chi connectivity index (χ0v) is 8.89. The largest absolute Gasteiger partial charge is 0.351 e. The van der Waals surface area contributed by atoms with E-state index in [1.54, 1.807) is 0 Å². The fraction of sp³-hybridized carbons (Fsp3) is 0.273. The Morgan fingerprint density at radius 2 is 2.00 bits per heavy atom. The van der Waals surface area contributed by atoms with Gasteiger partial charge in [-0.15, -0.1) is 0 Å². The number of primary amides is 1. The van der Waals surface area contributed by atoms with Gasteiger partial charge in [0.25, 0.3) is 0 Å². The summed E-state index contributed by atoms with van der Waals surface area (Å²) in [4.78, 5) is 14.1. The Hall–Kier alpha value is -2.04. The van der Waals surface area contributed by atoms with Crippen LogP contribution >= 0.6 is 0 Å². The minimum Gasteiger partial charge on any atom is -0.351 e. The maximum Gasteiger partial charge on any atom is 0.321 e. The van der Waals surface area contributed by atoms with E-state index in [9.17, 15) is 4.79 Å². The fourth-order valence-corrected chi connectivity index (χ4v) is 1.78. The summed E-state index contributed by atoms with van der Waals surface area (Å²) in [6.07, 6.45) is 0. The van der Waals surface area contributed by atoms with Gasteiger partial charge in [0.2, 0.25) is 5.96 Å². The van der Waals surface area contributed by atoms with Crippen molar-refractivity contribution in [3.8, 4) is 0 Å². The molecule has 1 aromatic carbocycles. The summed E-state index contributed by atoms with van der Waals surface area (Å²) in [6.45, 7) is 1.81. The van der Waals surface area contributed by atoms with Gasteiger partial charge in [0, 0.05) is 19.6 Å². The van der Waals surface area contributed by atoms with Crippen LogP contribution in [0.4, 0.5) is 4.79 Å². The quantitative estimate of drug-likeness (QED) is 0.771. The van der Waals surface area contributed by atoms with Crippen molar-refractivity contribution in [3.63, 3.8) is 0 Å². The third kappa shape index (κ3) is 1.98. The maximum absolute atomic E-state index is 11.0. The van der Waals surface area contributed by atoms with Gasteiger partial charge >= 0.3 is 6.03 Å². The van der Waals surface area contributed by atoms with Crippen molar-refractivity contribution in [3.05, 3.63) is 35.9 Å². The molecule has 0 radical (unpaired) electrons. The molecule has 0 saturated carbocycles. The molecule has 0 aromatic heterocycles. The minimum atomic E-state index is -0.555. The monoisotopic (exact) mass is 218 g/mol. The van der Waals surface area contributed by atoms with Gasteiger partial charge < -0.3 is 10.6 Å². The number of urea groups is 1. The highest BCUT2D eigenvalue weighted by Gasteiger charge is 2.28. The van der Waals surface area contributed by atoms with Gasteiger partial charge in [-0.05, 0) is 5.56 Å². The van der Waals surface area contributed by atoms with Crippen LogP contribution in [0.5, 0.6) is 0 Å². The summed E-state index contributed by atoms with van der Waals surface area (Å²) in [7, 11) is 0. The van der Waals surface area contributed by atoms with Crippen LogP contribution in [0.25, 0.3) is 0 Å². The van der Waals surface area contributed by atoms with Gasteiger partial charge in [-0.3, -0.25) is 10.3 Å². The number of guanidine groups is 1. The first kappa shape index (κ1) is 10.5. The number of nitrogens with one attached hydrogen (secondary N) is 1. The van der Waals surface area contributed by atoms with E-state index in [1.165, 1.54) is 4.90 Å². The molecule has 3 N–H and O–H groups in total. The molecule has 5 heteroatoms. The zero-order chi connectivity index (χ0) is 11.5. The number of hydrogen-bond donors (Lipinski definition) is 2. The van der Waals surface area contributed by atoms with Crippen LogP contribution in [-0.4, -0.2) is 34.9 Å². The second kappa shape index (κ2) is 4.22. The molecule has 0 unspecified atom stereocenters. The molecule has 5 nitrogen and oxygen atoms in total. The number of carbonyl (C=O) groups excluding carboxylic acids is 1. The van der Waals surface area contributed by atoms with Gasteiger partial charge in [0.05, 0.1) is 0 Å². The number of nitrogens with two attached hydrogens (primary N) is 1. The average molecular weight is 218 g/mol. The Morgan fingerprint density at radius 3 is 2.56 bits per heavy atom. The number of benzene rings is 1. The summed E-state index contributed by atoms with van der Waals surface area (Å²) in [5.41, 5.74) is 6.29. The van der Waals surface area contributed by atoms with Crippen LogP contribution in [-0.2, 0) is 6.54 Å². The fourth-order valence-electron chi connectivity index (χ4n) is 1.78. The van der Waals surface area contributed by atoms with Gasteiger partial charge in [-0.2, -0.15) is 0 Å². The van der Waals surface area contributed by atoms with Crippen LogP contribution in [0.2, 0.25) is 0 Å². The number of rotatable bonds is 2. The summed E-state index contributed by atoms with van der Waals surface area (Å²) in [5.74, 6) is 0.191. The number of hydrogen-bond acceptors (Lipinski definition) is 2. The van der Waals surface area contributed by atoms with Crippen molar-refractivity contribution >= 4 is 12.0 Å². The molecule has 0 atom stereocenters. The van der Waals surface area contributed by atoms with Crippen molar-refractivity contribution in [2.45, 2.75) is 6.54 Å². The van der Waals surface area contributed by atoms with Crippen molar-refractivity contribution in [2.75, 3.05) is 13.1 Å². The molecule has 1 saturated heterocycles. The second-order valence-electron chi connectivity index (χ2n) is 3.72. The Bertz CT molecular complexity index is 404. The second-order valence-corrected chi connectivity index (χ2v) is 3.72. The van der Waals surface area contributed by atoms with Crippen LogP contribution in [0.3, 0.4) is 0 Å². The first-order chi connectivity index (χ1) is 7.68. The highest BCUT2D eigenvalue weighted by Crippen LogP contribution is 2.11. The Labute approximate surface area is 94.0 Å². The van der Waals surface area contributed by atoms with Gasteiger partial charge in [-0.25, -0.2) is 4.79 Å². The summed E-state index contributed by atoms with van der Waals surface area (Å²) >= 11 is 0. The zero-order valence-electron chi connectivity index (χ0n) is 8.89. The molecule has 2 amide bonds. The lowest BCUT2D eigenvalue weighted by molar-refractivity contribution is 0.232. The highest BCUT2D eigenvalue weighted by atomic mass is 16.2. The molecule has 1 heterocycles. The molecule has 0 spiro atoms. The Morgan fingerprint density at radius 1 is 1.31 bits per heavy atom. The van der Waals surface area contributed by atoms with E-state index in [0.29, 0.717) is 19.6 Å². The van der Waals surface area contributed by atoms with E-state index in [1.807, 2.05) is 35.2 Å².